The van der Waals surface area contributed by atoms with E-state index in [0.29, 0.717) is 6.54 Å². The molecule has 0 atom stereocenters. The van der Waals surface area contributed by atoms with E-state index in [1.54, 1.807) is 0 Å². The van der Waals surface area contributed by atoms with E-state index in [9.17, 15) is 0 Å². The summed E-state index contributed by atoms with van der Waals surface area (Å²) >= 11 is 0. The maximum Gasteiger partial charge on any atom is 0.132 e. The predicted molar refractivity (Wildman–Crippen MR) is 43.2 cm³/mol. The molecule has 1 aromatic rings. The molecule has 0 amide bonds. The van der Waals surface area contributed by atoms with E-state index in [1.807, 2.05) is 6.92 Å². The third-order valence-electron chi connectivity index (χ3n) is 1.68. The highest BCUT2D eigenvalue weighted by atomic mass is 15.3. The fraction of sp³-hybridized carbons (Fsp3) is 0.714. The van der Waals surface area contributed by atoms with E-state index in [4.69, 9.17) is 5.73 Å². The first-order chi connectivity index (χ1) is 5.29. The molecule has 0 saturated carbocycles. The predicted octanol–water partition coefficient (Wildman–Crippen LogP) is 0.108. The summed E-state index contributed by atoms with van der Waals surface area (Å²) in [5.74, 6) is 1.97. The van der Waals surface area contributed by atoms with E-state index in [0.717, 1.165) is 24.6 Å². The zero-order chi connectivity index (χ0) is 8.27. The summed E-state index contributed by atoms with van der Waals surface area (Å²) in [6.07, 6.45) is 0.918. The number of hydrogen-bond acceptors (Lipinski definition) is 3. The molecule has 4 heteroatoms. The highest BCUT2D eigenvalue weighted by Gasteiger charge is 2.04. The number of aryl methyl sites for hydroxylation is 2. The van der Waals surface area contributed by atoms with Crippen molar-refractivity contribution in [3.05, 3.63) is 11.6 Å². The molecule has 0 spiro atoms. The molecule has 1 aromatic heterocycles. The van der Waals surface area contributed by atoms with E-state index < -0.39 is 0 Å². The lowest BCUT2D eigenvalue weighted by molar-refractivity contribution is 0.649. The summed E-state index contributed by atoms with van der Waals surface area (Å²) in [4.78, 5) is 0. The number of nitrogens with two attached hydrogens (primary N) is 1. The lowest BCUT2D eigenvalue weighted by atomic mass is 10.4. The molecule has 4 nitrogen and oxygen atoms in total. The number of hydrogen-bond donors (Lipinski definition) is 1. The number of aromatic nitrogens is 3. The Kier molecular flexibility index (Phi) is 2.59. The molecule has 0 aliphatic carbocycles. The van der Waals surface area contributed by atoms with E-state index in [1.165, 1.54) is 0 Å². The second kappa shape index (κ2) is 3.48. The molecule has 0 bridgehead atoms. The first kappa shape index (κ1) is 8.20. The van der Waals surface area contributed by atoms with Crippen LogP contribution in [0.5, 0.6) is 0 Å². The summed E-state index contributed by atoms with van der Waals surface area (Å²) in [5.41, 5.74) is 5.44. The van der Waals surface area contributed by atoms with Crippen molar-refractivity contribution in [2.24, 2.45) is 5.73 Å². The molecule has 0 aromatic carbocycles. The Hall–Kier alpha value is -0.900. The van der Waals surface area contributed by atoms with Crippen molar-refractivity contribution in [3.8, 4) is 0 Å². The SMILES string of the molecule is CCc1nnc(C)n1CCN. The average Bonchev–Trinajstić information content (AvgIpc) is 2.34. The molecule has 0 aliphatic rings. The topological polar surface area (TPSA) is 56.7 Å². The van der Waals surface area contributed by atoms with Crippen LogP contribution in [0.25, 0.3) is 0 Å². The molecule has 0 radical (unpaired) electrons. The molecule has 1 heterocycles. The summed E-state index contributed by atoms with van der Waals surface area (Å²) in [6, 6.07) is 0. The van der Waals surface area contributed by atoms with Crippen LogP contribution in [0.1, 0.15) is 18.6 Å². The Morgan fingerprint density at radius 1 is 1.45 bits per heavy atom. The van der Waals surface area contributed by atoms with Gasteiger partial charge in [0.1, 0.15) is 11.6 Å². The van der Waals surface area contributed by atoms with Crippen molar-refractivity contribution in [1.82, 2.24) is 14.8 Å². The molecule has 0 unspecified atom stereocenters. The van der Waals surface area contributed by atoms with Gasteiger partial charge in [0.15, 0.2) is 0 Å². The molecule has 62 valence electrons. The largest absolute Gasteiger partial charge is 0.329 e. The third-order valence-corrected chi connectivity index (χ3v) is 1.68. The highest BCUT2D eigenvalue weighted by molar-refractivity contribution is 4.93. The fourth-order valence-corrected chi connectivity index (χ4v) is 1.11. The van der Waals surface area contributed by atoms with Crippen LogP contribution >= 0.6 is 0 Å². The van der Waals surface area contributed by atoms with Crippen molar-refractivity contribution in [3.63, 3.8) is 0 Å². The average molecular weight is 154 g/mol. The third kappa shape index (κ3) is 1.57. The zero-order valence-corrected chi connectivity index (χ0v) is 7.04. The number of rotatable bonds is 3. The fourth-order valence-electron chi connectivity index (χ4n) is 1.11. The molecule has 0 saturated heterocycles. The minimum atomic E-state index is 0.645. The van der Waals surface area contributed by atoms with Gasteiger partial charge in [0.05, 0.1) is 0 Å². The summed E-state index contributed by atoms with van der Waals surface area (Å²) < 4.78 is 2.06. The maximum absolute atomic E-state index is 5.44. The van der Waals surface area contributed by atoms with Crippen molar-refractivity contribution >= 4 is 0 Å². The van der Waals surface area contributed by atoms with Crippen LogP contribution in [0, 0.1) is 6.92 Å². The molecule has 1 rings (SSSR count). The van der Waals surface area contributed by atoms with Crippen molar-refractivity contribution in [2.75, 3.05) is 6.54 Å². The molecular weight excluding hydrogens is 140 g/mol. The number of nitrogens with zero attached hydrogens (tertiary/aromatic N) is 3. The van der Waals surface area contributed by atoms with Gasteiger partial charge in [-0.05, 0) is 6.92 Å². The van der Waals surface area contributed by atoms with Gasteiger partial charge in [0.2, 0.25) is 0 Å². The van der Waals surface area contributed by atoms with Crippen molar-refractivity contribution in [2.45, 2.75) is 26.8 Å². The van der Waals surface area contributed by atoms with E-state index in [-0.39, 0.29) is 0 Å². The monoisotopic (exact) mass is 154 g/mol. The van der Waals surface area contributed by atoms with Crippen LogP contribution in [-0.2, 0) is 13.0 Å². The van der Waals surface area contributed by atoms with E-state index in [2.05, 4.69) is 21.7 Å². The second-order valence-electron chi connectivity index (χ2n) is 2.46. The standard InChI is InChI=1S/C7H14N4/c1-3-7-10-9-6(2)11(7)5-4-8/h3-5,8H2,1-2H3. The van der Waals surface area contributed by atoms with Crippen LogP contribution in [-0.4, -0.2) is 21.3 Å². The quantitative estimate of drug-likeness (QED) is 0.672. The first-order valence-corrected chi connectivity index (χ1v) is 3.88. The molecule has 0 aliphatic heterocycles. The first-order valence-electron chi connectivity index (χ1n) is 3.88. The van der Waals surface area contributed by atoms with Crippen LogP contribution in [0.2, 0.25) is 0 Å². The van der Waals surface area contributed by atoms with Crippen LogP contribution in [0.15, 0.2) is 0 Å². The summed E-state index contributed by atoms with van der Waals surface area (Å²) in [7, 11) is 0. The second-order valence-corrected chi connectivity index (χ2v) is 2.46. The summed E-state index contributed by atoms with van der Waals surface area (Å²) in [5, 5.41) is 7.97. The minimum absolute atomic E-state index is 0.645. The van der Waals surface area contributed by atoms with Crippen molar-refractivity contribution in [1.29, 1.82) is 0 Å². The lowest BCUT2D eigenvalue weighted by Crippen LogP contribution is -2.13. The van der Waals surface area contributed by atoms with E-state index >= 15 is 0 Å². The molecule has 11 heavy (non-hydrogen) atoms. The van der Waals surface area contributed by atoms with Gasteiger partial charge >= 0.3 is 0 Å². The Labute approximate surface area is 66.4 Å². The smallest absolute Gasteiger partial charge is 0.132 e. The van der Waals surface area contributed by atoms with Gasteiger partial charge in [0.25, 0.3) is 0 Å². The van der Waals surface area contributed by atoms with Gasteiger partial charge in [-0.25, -0.2) is 0 Å². The molecule has 2 N–H and O–H groups in total. The Balaban J connectivity index is 2.88. The highest BCUT2D eigenvalue weighted by Crippen LogP contribution is 2.00. The molecular formula is C7H14N4. The van der Waals surface area contributed by atoms with Gasteiger partial charge < -0.3 is 10.3 Å². The van der Waals surface area contributed by atoms with Gasteiger partial charge in [-0.3, -0.25) is 0 Å². The van der Waals surface area contributed by atoms with Gasteiger partial charge in [-0.15, -0.1) is 10.2 Å². The Bertz CT molecular complexity index is 228. The van der Waals surface area contributed by atoms with Crippen LogP contribution < -0.4 is 5.73 Å². The van der Waals surface area contributed by atoms with Gasteiger partial charge in [-0.1, -0.05) is 6.92 Å². The Morgan fingerprint density at radius 2 is 2.18 bits per heavy atom. The Morgan fingerprint density at radius 3 is 2.73 bits per heavy atom. The maximum atomic E-state index is 5.44. The zero-order valence-electron chi connectivity index (χ0n) is 7.04. The van der Waals surface area contributed by atoms with Gasteiger partial charge in [-0.2, -0.15) is 0 Å². The van der Waals surface area contributed by atoms with Gasteiger partial charge in [0, 0.05) is 19.5 Å². The lowest BCUT2D eigenvalue weighted by Gasteiger charge is -2.03. The normalized spacial score (nSPS) is 10.5. The summed E-state index contributed by atoms with van der Waals surface area (Å²) in [6.45, 7) is 5.48. The van der Waals surface area contributed by atoms with Crippen molar-refractivity contribution < 1.29 is 0 Å². The van der Waals surface area contributed by atoms with Crippen LogP contribution in [0.4, 0.5) is 0 Å². The van der Waals surface area contributed by atoms with Crippen LogP contribution in [0.3, 0.4) is 0 Å². The molecule has 0 fully saturated rings. The minimum Gasteiger partial charge on any atom is -0.329 e.